The van der Waals surface area contributed by atoms with Gasteiger partial charge in [0.2, 0.25) is 0 Å². The molecule has 2 rings (SSSR count). The largest absolute Gasteiger partial charge is 0.491 e. The Bertz CT molecular complexity index is 469. The van der Waals surface area contributed by atoms with Crippen molar-refractivity contribution in [2.24, 2.45) is 0 Å². The fraction of sp³-hybridized carbons (Fsp3) is 0.562. The van der Waals surface area contributed by atoms with Crippen LogP contribution in [0, 0.1) is 11.3 Å². The van der Waals surface area contributed by atoms with Gasteiger partial charge in [-0.1, -0.05) is 19.1 Å². The summed E-state index contributed by atoms with van der Waals surface area (Å²) in [5, 5.41) is 9.02. The fourth-order valence-electron chi connectivity index (χ4n) is 2.62. The molecule has 1 fully saturated rings. The molecule has 0 aliphatic carbocycles. The van der Waals surface area contributed by atoms with Gasteiger partial charge in [-0.05, 0) is 25.6 Å². The van der Waals surface area contributed by atoms with Gasteiger partial charge < -0.3 is 9.64 Å². The number of hydrogen-bond donors (Lipinski definition) is 0. The van der Waals surface area contributed by atoms with Gasteiger partial charge in [0.05, 0.1) is 5.56 Å². The summed E-state index contributed by atoms with van der Waals surface area (Å²) in [7, 11) is 2.20. The molecule has 1 unspecified atom stereocenters. The van der Waals surface area contributed by atoms with Gasteiger partial charge in [0.25, 0.3) is 0 Å². The average Bonchev–Trinajstić information content (AvgIpc) is 2.49. The second kappa shape index (κ2) is 7.28. The molecular formula is C16H23N3O. The van der Waals surface area contributed by atoms with Crippen LogP contribution in [0.25, 0.3) is 0 Å². The number of rotatable bonds is 5. The first kappa shape index (κ1) is 14.8. The topological polar surface area (TPSA) is 39.5 Å². The van der Waals surface area contributed by atoms with Crippen LogP contribution in [0.5, 0.6) is 5.75 Å². The normalized spacial score (nSPS) is 20.6. The van der Waals surface area contributed by atoms with E-state index in [0.29, 0.717) is 24.0 Å². The van der Waals surface area contributed by atoms with Crippen molar-refractivity contribution in [1.82, 2.24) is 9.80 Å². The Morgan fingerprint density at radius 1 is 1.35 bits per heavy atom. The van der Waals surface area contributed by atoms with Crippen molar-refractivity contribution in [2.45, 2.75) is 19.4 Å². The molecule has 20 heavy (non-hydrogen) atoms. The Balaban J connectivity index is 1.80. The highest BCUT2D eigenvalue weighted by Gasteiger charge is 2.22. The first-order valence-corrected chi connectivity index (χ1v) is 7.29. The van der Waals surface area contributed by atoms with Gasteiger partial charge in [0.15, 0.2) is 0 Å². The molecule has 1 atom stereocenters. The van der Waals surface area contributed by atoms with Gasteiger partial charge in [-0.25, -0.2) is 0 Å². The third-order valence-electron chi connectivity index (χ3n) is 4.01. The maximum atomic E-state index is 9.02. The highest BCUT2D eigenvalue weighted by atomic mass is 16.5. The first-order chi connectivity index (χ1) is 9.74. The molecule has 108 valence electrons. The van der Waals surface area contributed by atoms with Crippen molar-refractivity contribution < 1.29 is 4.74 Å². The fourth-order valence-corrected chi connectivity index (χ4v) is 2.62. The minimum atomic E-state index is 0.609. The molecule has 4 nitrogen and oxygen atoms in total. The molecule has 0 radical (unpaired) electrons. The summed E-state index contributed by atoms with van der Waals surface area (Å²) in [4.78, 5) is 4.88. The Hall–Kier alpha value is -1.57. The Morgan fingerprint density at radius 3 is 2.90 bits per heavy atom. The Morgan fingerprint density at radius 2 is 2.15 bits per heavy atom. The lowest BCUT2D eigenvalue weighted by Gasteiger charge is -2.39. The summed E-state index contributed by atoms with van der Waals surface area (Å²) in [6.45, 7) is 7.12. The highest BCUT2D eigenvalue weighted by molar-refractivity contribution is 5.42. The molecule has 0 N–H and O–H groups in total. The van der Waals surface area contributed by atoms with Crippen LogP contribution in [-0.2, 0) is 0 Å². The number of likely N-dealkylation sites (N-methyl/N-ethyl adjacent to an activating group) is 1. The van der Waals surface area contributed by atoms with Crippen LogP contribution in [0.3, 0.4) is 0 Å². The van der Waals surface area contributed by atoms with Crippen molar-refractivity contribution in [3.63, 3.8) is 0 Å². The second-order valence-corrected chi connectivity index (χ2v) is 5.30. The molecule has 0 bridgehead atoms. The summed E-state index contributed by atoms with van der Waals surface area (Å²) in [5.41, 5.74) is 0.609. The molecular weight excluding hydrogens is 250 g/mol. The Kier molecular flexibility index (Phi) is 5.40. The minimum Gasteiger partial charge on any atom is -0.491 e. The number of hydrogen-bond acceptors (Lipinski definition) is 4. The van der Waals surface area contributed by atoms with Crippen molar-refractivity contribution in [3.8, 4) is 11.8 Å². The third-order valence-corrected chi connectivity index (χ3v) is 4.01. The maximum absolute atomic E-state index is 9.02. The van der Waals surface area contributed by atoms with E-state index < -0.39 is 0 Å². The van der Waals surface area contributed by atoms with Crippen LogP contribution in [0.4, 0.5) is 0 Å². The second-order valence-electron chi connectivity index (χ2n) is 5.30. The number of benzene rings is 1. The van der Waals surface area contributed by atoms with E-state index in [9.17, 15) is 0 Å². The van der Waals surface area contributed by atoms with Crippen molar-refractivity contribution in [2.75, 3.05) is 39.8 Å². The van der Waals surface area contributed by atoms with Crippen molar-refractivity contribution in [1.29, 1.82) is 5.26 Å². The van der Waals surface area contributed by atoms with E-state index in [1.54, 1.807) is 6.07 Å². The Labute approximate surface area is 121 Å². The van der Waals surface area contributed by atoms with Gasteiger partial charge in [-0.3, -0.25) is 4.90 Å². The van der Waals surface area contributed by atoms with E-state index in [4.69, 9.17) is 10.00 Å². The summed E-state index contributed by atoms with van der Waals surface area (Å²) < 4.78 is 5.75. The van der Waals surface area contributed by atoms with E-state index in [1.165, 1.54) is 6.42 Å². The zero-order valence-corrected chi connectivity index (χ0v) is 12.4. The summed E-state index contributed by atoms with van der Waals surface area (Å²) in [6, 6.07) is 10.2. The van der Waals surface area contributed by atoms with Crippen molar-refractivity contribution in [3.05, 3.63) is 29.8 Å². The van der Waals surface area contributed by atoms with Crippen molar-refractivity contribution >= 4 is 0 Å². The van der Waals surface area contributed by atoms with Gasteiger partial charge in [-0.15, -0.1) is 0 Å². The number of piperazine rings is 1. The van der Waals surface area contributed by atoms with Crippen LogP contribution in [0.15, 0.2) is 24.3 Å². The van der Waals surface area contributed by atoms with Gasteiger partial charge in [0.1, 0.15) is 18.4 Å². The van der Waals surface area contributed by atoms with Crippen LogP contribution in [0.2, 0.25) is 0 Å². The average molecular weight is 273 g/mol. The molecule has 4 heteroatoms. The van der Waals surface area contributed by atoms with Crippen LogP contribution in [0.1, 0.15) is 18.9 Å². The third kappa shape index (κ3) is 3.72. The molecule has 0 saturated carbocycles. The molecule has 1 aliphatic heterocycles. The number of nitriles is 1. The lowest BCUT2D eigenvalue weighted by Crippen LogP contribution is -2.51. The van der Waals surface area contributed by atoms with E-state index in [2.05, 4.69) is 29.8 Å². The van der Waals surface area contributed by atoms with Gasteiger partial charge in [0, 0.05) is 32.2 Å². The maximum Gasteiger partial charge on any atom is 0.137 e. The molecule has 1 aliphatic rings. The zero-order valence-electron chi connectivity index (χ0n) is 12.4. The molecule has 0 aromatic heterocycles. The molecule has 0 spiro atoms. The predicted molar refractivity (Wildman–Crippen MR) is 79.8 cm³/mol. The summed E-state index contributed by atoms with van der Waals surface area (Å²) in [6.07, 6.45) is 1.19. The monoisotopic (exact) mass is 273 g/mol. The van der Waals surface area contributed by atoms with E-state index >= 15 is 0 Å². The van der Waals surface area contributed by atoms with Gasteiger partial charge >= 0.3 is 0 Å². The minimum absolute atomic E-state index is 0.609. The number of ether oxygens (including phenoxy) is 1. The predicted octanol–water partition coefficient (Wildman–Crippen LogP) is 1.96. The standard InChI is InChI=1S/C16H23N3O/c1-3-15-13-19(9-8-18(15)2)10-11-20-16-7-5-4-6-14(16)12-17/h4-7,15H,3,8-11,13H2,1-2H3. The molecule has 1 aromatic carbocycles. The summed E-state index contributed by atoms with van der Waals surface area (Å²) in [5.74, 6) is 0.691. The molecule has 1 saturated heterocycles. The number of para-hydroxylation sites is 1. The van der Waals surface area contributed by atoms with Crippen LogP contribution in [-0.4, -0.2) is 55.7 Å². The number of nitrogens with zero attached hydrogens (tertiary/aromatic N) is 3. The molecule has 1 aromatic rings. The van der Waals surface area contributed by atoms with E-state index in [-0.39, 0.29) is 0 Å². The van der Waals surface area contributed by atoms with Crippen LogP contribution >= 0.6 is 0 Å². The molecule has 0 amide bonds. The quantitative estimate of drug-likeness (QED) is 0.822. The molecule has 1 heterocycles. The SMILES string of the molecule is CCC1CN(CCOc2ccccc2C#N)CCN1C. The lowest BCUT2D eigenvalue weighted by atomic mass is 10.1. The highest BCUT2D eigenvalue weighted by Crippen LogP contribution is 2.16. The first-order valence-electron chi connectivity index (χ1n) is 7.29. The lowest BCUT2D eigenvalue weighted by molar-refractivity contribution is 0.0824. The zero-order chi connectivity index (χ0) is 14.4. The van der Waals surface area contributed by atoms with Crippen LogP contribution < -0.4 is 4.74 Å². The van der Waals surface area contributed by atoms with E-state index in [1.807, 2.05) is 18.2 Å². The van der Waals surface area contributed by atoms with Gasteiger partial charge in [-0.2, -0.15) is 5.26 Å². The smallest absolute Gasteiger partial charge is 0.137 e. The summed E-state index contributed by atoms with van der Waals surface area (Å²) >= 11 is 0. The van der Waals surface area contributed by atoms with E-state index in [0.717, 1.165) is 26.2 Å².